The number of carboxylic acids is 1. The first-order valence-electron chi connectivity index (χ1n) is 5.70. The molecule has 0 saturated carbocycles. The lowest BCUT2D eigenvalue weighted by Crippen LogP contribution is -2.31. The van der Waals surface area contributed by atoms with E-state index in [0.717, 1.165) is 6.07 Å². The summed E-state index contributed by atoms with van der Waals surface area (Å²) in [7, 11) is 1.33. The number of carbonyl (C=O) groups excluding carboxylic acids is 1. The number of benzene rings is 1. The van der Waals surface area contributed by atoms with E-state index >= 15 is 0 Å². The van der Waals surface area contributed by atoms with Crippen LogP contribution >= 0.6 is 0 Å². The molecule has 0 aliphatic rings. The fraction of sp³-hybridized carbons (Fsp3) is 0.333. The maximum Gasteiger partial charge on any atom is 0.308 e. The molecule has 0 aliphatic carbocycles. The molecule has 0 spiro atoms. The number of hydrogen-bond acceptors (Lipinski definition) is 5. The first-order valence-corrected chi connectivity index (χ1v) is 5.70. The van der Waals surface area contributed by atoms with E-state index in [1.54, 1.807) is 0 Å². The van der Waals surface area contributed by atoms with Gasteiger partial charge in [-0.3, -0.25) is 19.7 Å². The topological polar surface area (TPSA) is 119 Å². The van der Waals surface area contributed by atoms with Crippen molar-refractivity contribution in [3.8, 4) is 5.75 Å². The summed E-state index contributed by atoms with van der Waals surface area (Å²) in [6, 6.07) is 3.61. The Morgan fingerprint density at radius 1 is 1.50 bits per heavy atom. The third kappa shape index (κ3) is 3.67. The van der Waals surface area contributed by atoms with E-state index in [9.17, 15) is 19.7 Å². The normalized spacial score (nSPS) is 11.5. The summed E-state index contributed by atoms with van der Waals surface area (Å²) in [6.07, 6.45) is 0. The molecule has 0 fully saturated rings. The third-order valence-electron chi connectivity index (χ3n) is 2.63. The van der Waals surface area contributed by atoms with Crippen LogP contribution in [0.2, 0.25) is 0 Å². The van der Waals surface area contributed by atoms with Crippen LogP contribution in [0.25, 0.3) is 0 Å². The van der Waals surface area contributed by atoms with Crippen molar-refractivity contribution in [2.45, 2.75) is 6.92 Å². The van der Waals surface area contributed by atoms with Crippen molar-refractivity contribution < 1.29 is 24.4 Å². The summed E-state index contributed by atoms with van der Waals surface area (Å²) < 4.78 is 4.96. The van der Waals surface area contributed by atoms with E-state index in [1.165, 1.54) is 26.2 Å². The van der Waals surface area contributed by atoms with E-state index in [1.807, 2.05) is 0 Å². The number of hydrogen-bond donors (Lipinski definition) is 2. The molecule has 0 radical (unpaired) electrons. The SMILES string of the molecule is COc1ccc([N+](=O)[O-])cc1C(=O)NCC(C)C(=O)O. The van der Waals surface area contributed by atoms with Gasteiger partial charge in [-0.2, -0.15) is 0 Å². The molecule has 1 aromatic rings. The van der Waals surface area contributed by atoms with Crippen molar-refractivity contribution in [2.24, 2.45) is 5.92 Å². The van der Waals surface area contributed by atoms with Gasteiger partial charge in [0.2, 0.25) is 0 Å². The van der Waals surface area contributed by atoms with Crippen LogP contribution in [0, 0.1) is 16.0 Å². The number of aliphatic carboxylic acids is 1. The van der Waals surface area contributed by atoms with Crippen molar-refractivity contribution in [1.29, 1.82) is 0 Å². The second-order valence-corrected chi connectivity index (χ2v) is 4.09. The number of nitrogens with zero attached hydrogens (tertiary/aromatic N) is 1. The van der Waals surface area contributed by atoms with Crippen LogP contribution in [0.15, 0.2) is 18.2 Å². The van der Waals surface area contributed by atoms with Crippen LogP contribution in [0.3, 0.4) is 0 Å². The van der Waals surface area contributed by atoms with Gasteiger partial charge in [-0.25, -0.2) is 0 Å². The van der Waals surface area contributed by atoms with Gasteiger partial charge < -0.3 is 15.2 Å². The van der Waals surface area contributed by atoms with Crippen LogP contribution in [0.1, 0.15) is 17.3 Å². The standard InChI is InChI=1S/C12H14N2O6/c1-7(12(16)17)6-13-11(15)9-5-8(14(18)19)3-4-10(9)20-2/h3-5,7H,6H2,1-2H3,(H,13,15)(H,16,17). The number of carbonyl (C=O) groups is 2. The van der Waals surface area contributed by atoms with Crippen LogP contribution in [-0.4, -0.2) is 35.6 Å². The highest BCUT2D eigenvalue weighted by Gasteiger charge is 2.19. The molecule has 1 rings (SSSR count). The Bertz CT molecular complexity index is 543. The van der Waals surface area contributed by atoms with Gasteiger partial charge in [0.25, 0.3) is 11.6 Å². The maximum absolute atomic E-state index is 11.9. The Balaban J connectivity index is 2.93. The quantitative estimate of drug-likeness (QED) is 0.594. The Morgan fingerprint density at radius 3 is 2.65 bits per heavy atom. The van der Waals surface area contributed by atoms with Crippen LogP contribution in [-0.2, 0) is 4.79 Å². The predicted octanol–water partition coefficient (Wildman–Crippen LogP) is 1.05. The first-order chi connectivity index (χ1) is 9.36. The summed E-state index contributed by atoms with van der Waals surface area (Å²) in [5.74, 6) is -2.25. The molecule has 1 aromatic carbocycles. The molecule has 0 saturated heterocycles. The second-order valence-electron chi connectivity index (χ2n) is 4.09. The number of nitro benzene ring substituents is 1. The third-order valence-corrected chi connectivity index (χ3v) is 2.63. The minimum atomic E-state index is -1.05. The van der Waals surface area contributed by atoms with Crippen LogP contribution in [0.4, 0.5) is 5.69 Å². The average molecular weight is 282 g/mol. The number of amides is 1. The van der Waals surface area contributed by atoms with Gasteiger partial charge in [0.1, 0.15) is 5.75 Å². The van der Waals surface area contributed by atoms with E-state index < -0.39 is 22.7 Å². The van der Waals surface area contributed by atoms with E-state index in [4.69, 9.17) is 9.84 Å². The Labute approximate surface area is 114 Å². The lowest BCUT2D eigenvalue weighted by atomic mass is 10.1. The average Bonchev–Trinajstić information content (AvgIpc) is 2.43. The van der Waals surface area contributed by atoms with Gasteiger partial charge in [-0.1, -0.05) is 6.92 Å². The van der Waals surface area contributed by atoms with Gasteiger partial charge >= 0.3 is 5.97 Å². The summed E-state index contributed by atoms with van der Waals surface area (Å²) >= 11 is 0. The molecule has 2 N–H and O–H groups in total. The van der Waals surface area contributed by atoms with Gasteiger partial charge in [-0.05, 0) is 6.07 Å². The van der Waals surface area contributed by atoms with Crippen molar-refractivity contribution in [2.75, 3.05) is 13.7 Å². The fourth-order valence-electron chi connectivity index (χ4n) is 1.42. The summed E-state index contributed by atoms with van der Waals surface area (Å²) in [5.41, 5.74) is -0.262. The highest BCUT2D eigenvalue weighted by atomic mass is 16.6. The summed E-state index contributed by atoms with van der Waals surface area (Å²) in [4.78, 5) is 32.6. The largest absolute Gasteiger partial charge is 0.496 e. The number of non-ortho nitro benzene ring substituents is 1. The van der Waals surface area contributed by atoms with Gasteiger partial charge in [0.05, 0.1) is 23.5 Å². The fourth-order valence-corrected chi connectivity index (χ4v) is 1.42. The molecule has 1 amide bonds. The second kappa shape index (κ2) is 6.50. The maximum atomic E-state index is 11.9. The Kier molecular flexibility index (Phi) is 5.01. The van der Waals surface area contributed by atoms with Gasteiger partial charge in [0.15, 0.2) is 0 Å². The first kappa shape index (κ1) is 15.4. The smallest absolute Gasteiger partial charge is 0.308 e. The number of methoxy groups -OCH3 is 1. The highest BCUT2D eigenvalue weighted by molar-refractivity contribution is 5.97. The van der Waals surface area contributed by atoms with Crippen molar-refractivity contribution >= 4 is 17.6 Å². The molecule has 0 aliphatic heterocycles. The van der Waals surface area contributed by atoms with Gasteiger partial charge in [-0.15, -0.1) is 0 Å². The molecular formula is C12H14N2O6. The number of carboxylic acid groups (broad SMARTS) is 1. The van der Waals surface area contributed by atoms with E-state index in [-0.39, 0.29) is 23.5 Å². The molecule has 0 heterocycles. The molecule has 0 bridgehead atoms. The summed E-state index contributed by atoms with van der Waals surface area (Å²) in [5, 5.41) is 21.8. The molecule has 8 nitrogen and oxygen atoms in total. The molecule has 1 atom stereocenters. The molecular weight excluding hydrogens is 268 g/mol. The molecule has 108 valence electrons. The Hall–Kier alpha value is -2.64. The number of nitro groups is 1. The summed E-state index contributed by atoms with van der Waals surface area (Å²) in [6.45, 7) is 1.35. The molecule has 0 aromatic heterocycles. The van der Waals surface area contributed by atoms with Crippen LogP contribution in [0.5, 0.6) is 5.75 Å². The molecule has 1 unspecified atom stereocenters. The lowest BCUT2D eigenvalue weighted by molar-refractivity contribution is -0.384. The number of nitrogens with one attached hydrogen (secondary N) is 1. The van der Waals surface area contributed by atoms with Gasteiger partial charge in [0, 0.05) is 18.7 Å². The zero-order chi connectivity index (χ0) is 15.3. The molecule has 8 heteroatoms. The minimum Gasteiger partial charge on any atom is -0.496 e. The van der Waals surface area contributed by atoms with Crippen molar-refractivity contribution in [3.05, 3.63) is 33.9 Å². The monoisotopic (exact) mass is 282 g/mol. The predicted molar refractivity (Wildman–Crippen MR) is 68.8 cm³/mol. The highest BCUT2D eigenvalue weighted by Crippen LogP contribution is 2.23. The van der Waals surface area contributed by atoms with E-state index in [0.29, 0.717) is 0 Å². The zero-order valence-electron chi connectivity index (χ0n) is 11.0. The lowest BCUT2D eigenvalue weighted by Gasteiger charge is -2.11. The molecule has 20 heavy (non-hydrogen) atoms. The van der Waals surface area contributed by atoms with Crippen molar-refractivity contribution in [3.63, 3.8) is 0 Å². The number of ether oxygens (including phenoxy) is 1. The van der Waals surface area contributed by atoms with Crippen LogP contribution < -0.4 is 10.1 Å². The Morgan fingerprint density at radius 2 is 2.15 bits per heavy atom. The minimum absolute atomic E-state index is 0.0145. The zero-order valence-corrected chi connectivity index (χ0v) is 11.0. The van der Waals surface area contributed by atoms with Crippen molar-refractivity contribution in [1.82, 2.24) is 5.32 Å². The van der Waals surface area contributed by atoms with E-state index in [2.05, 4.69) is 5.32 Å². The number of rotatable bonds is 6.